The fourth-order valence-electron chi connectivity index (χ4n) is 1.99. The van der Waals surface area contributed by atoms with Crippen LogP contribution in [-0.2, 0) is 0 Å². The Kier molecular flexibility index (Phi) is 5.37. The molecule has 0 aliphatic carbocycles. The number of nitrogens with one attached hydrogen (secondary N) is 3. The van der Waals surface area contributed by atoms with Gasteiger partial charge in [0.2, 0.25) is 0 Å². The number of amides is 2. The van der Waals surface area contributed by atoms with Crippen molar-refractivity contribution in [2.75, 3.05) is 10.5 Å². The van der Waals surface area contributed by atoms with Crippen molar-refractivity contribution in [1.82, 2.24) is 15.7 Å². The second kappa shape index (κ2) is 7.46. The van der Waals surface area contributed by atoms with Crippen molar-refractivity contribution < 1.29 is 10.0 Å². The topological polar surface area (TPSA) is 89.5 Å². The summed E-state index contributed by atoms with van der Waals surface area (Å²) in [5.41, 5.74) is 5.24. The predicted molar refractivity (Wildman–Crippen MR) is 89.8 cm³/mol. The molecule has 0 unspecified atom stereocenters. The maximum Gasteiger partial charge on any atom is 0.335 e. The van der Waals surface area contributed by atoms with Gasteiger partial charge in [0.15, 0.2) is 0 Å². The zero-order valence-electron chi connectivity index (χ0n) is 13.4. The number of hydrogen-bond acceptors (Lipinski definition) is 5. The minimum Gasteiger partial charge on any atom is -0.354 e. The smallest absolute Gasteiger partial charge is 0.335 e. The summed E-state index contributed by atoms with van der Waals surface area (Å²) in [5.74, 6) is 0. The zero-order chi connectivity index (χ0) is 16.8. The molecule has 4 N–H and O–H groups in total. The minimum absolute atomic E-state index is 0.0396. The molecule has 0 aliphatic rings. The van der Waals surface area contributed by atoms with E-state index in [4.69, 9.17) is 0 Å². The van der Waals surface area contributed by atoms with Gasteiger partial charge >= 0.3 is 6.03 Å². The highest BCUT2D eigenvalue weighted by atomic mass is 16.5. The van der Waals surface area contributed by atoms with E-state index in [0.29, 0.717) is 16.5 Å². The molecule has 1 heterocycles. The van der Waals surface area contributed by atoms with Gasteiger partial charge in [-0.15, -0.1) is 0 Å². The van der Waals surface area contributed by atoms with E-state index in [2.05, 4.69) is 21.0 Å². The summed E-state index contributed by atoms with van der Waals surface area (Å²) in [7, 11) is 0. The van der Waals surface area contributed by atoms with Gasteiger partial charge in [0.05, 0.1) is 11.9 Å². The Balaban J connectivity index is 2.15. The molecule has 0 saturated heterocycles. The molecule has 0 spiro atoms. The first-order chi connectivity index (χ1) is 11.0. The van der Waals surface area contributed by atoms with E-state index < -0.39 is 6.03 Å². The molecule has 0 radical (unpaired) electrons. The number of nitrogens with zero attached hydrogens (tertiary/aromatic N) is 2. The second-order valence-corrected chi connectivity index (χ2v) is 5.44. The quantitative estimate of drug-likeness (QED) is 0.637. The van der Waals surface area contributed by atoms with Crippen molar-refractivity contribution in [3.05, 3.63) is 48.3 Å². The lowest BCUT2D eigenvalue weighted by molar-refractivity contribution is 0.194. The van der Waals surface area contributed by atoms with Crippen molar-refractivity contribution in [3.63, 3.8) is 0 Å². The summed E-state index contributed by atoms with van der Waals surface area (Å²) in [4.78, 5) is 15.7. The van der Waals surface area contributed by atoms with Crippen LogP contribution in [0.2, 0.25) is 0 Å². The van der Waals surface area contributed by atoms with Gasteiger partial charge in [0.1, 0.15) is 5.69 Å². The molecule has 1 aromatic heterocycles. The van der Waals surface area contributed by atoms with Gasteiger partial charge in [-0.3, -0.25) is 10.2 Å². The molecule has 2 aromatic rings. The van der Waals surface area contributed by atoms with Gasteiger partial charge in [-0.05, 0) is 44.5 Å². The SMILES string of the molecule is Cc1cccc(Nc2ccncc2N(O)NC(=O)NC(C)C)c1. The summed E-state index contributed by atoms with van der Waals surface area (Å²) in [6.45, 7) is 5.65. The number of urea groups is 1. The van der Waals surface area contributed by atoms with Crippen LogP contribution in [0, 0.1) is 6.92 Å². The number of aryl methyl sites for hydroxylation is 1. The first-order valence-corrected chi connectivity index (χ1v) is 7.29. The van der Waals surface area contributed by atoms with Crippen LogP contribution in [0.5, 0.6) is 0 Å². The summed E-state index contributed by atoms with van der Waals surface area (Å²) in [6.07, 6.45) is 3.05. The average Bonchev–Trinajstić information content (AvgIpc) is 2.46. The number of benzene rings is 1. The summed E-state index contributed by atoms with van der Waals surface area (Å²) in [5, 5.41) is 16.6. The van der Waals surface area contributed by atoms with Crippen LogP contribution in [0.3, 0.4) is 0 Å². The number of pyridine rings is 1. The van der Waals surface area contributed by atoms with Gasteiger partial charge in [0, 0.05) is 17.9 Å². The highest BCUT2D eigenvalue weighted by molar-refractivity contribution is 5.79. The molecule has 122 valence electrons. The number of carbonyl (C=O) groups is 1. The molecule has 0 fully saturated rings. The number of carbonyl (C=O) groups excluding carboxylic acids is 1. The van der Waals surface area contributed by atoms with Gasteiger partial charge < -0.3 is 10.6 Å². The maximum atomic E-state index is 11.7. The Hall–Kier alpha value is -2.80. The first-order valence-electron chi connectivity index (χ1n) is 7.29. The van der Waals surface area contributed by atoms with Gasteiger partial charge in [-0.1, -0.05) is 12.1 Å². The summed E-state index contributed by atoms with van der Waals surface area (Å²) >= 11 is 0. The largest absolute Gasteiger partial charge is 0.354 e. The Morgan fingerprint density at radius 1 is 1.30 bits per heavy atom. The molecule has 7 heteroatoms. The zero-order valence-corrected chi connectivity index (χ0v) is 13.4. The third-order valence-corrected chi connectivity index (χ3v) is 2.95. The van der Waals surface area contributed by atoms with Crippen molar-refractivity contribution >= 4 is 23.1 Å². The molecule has 23 heavy (non-hydrogen) atoms. The molecule has 0 bridgehead atoms. The molecule has 0 saturated carbocycles. The average molecular weight is 315 g/mol. The number of hydrazine groups is 1. The van der Waals surface area contributed by atoms with Crippen molar-refractivity contribution in [2.45, 2.75) is 26.8 Å². The standard InChI is InChI=1S/C16H21N5O2/c1-11(2)18-16(22)20-21(23)15-10-17-8-7-14(15)19-13-6-4-5-12(3)9-13/h4-11,23H,1-3H3,(H,17,19)(H2,18,20,22). The Labute approximate surface area is 135 Å². The van der Waals surface area contributed by atoms with Crippen LogP contribution in [0.25, 0.3) is 0 Å². The Bertz CT molecular complexity index is 675. The first kappa shape index (κ1) is 16.6. The fraction of sp³-hybridized carbons (Fsp3) is 0.250. The molecule has 1 aromatic carbocycles. The number of anilines is 3. The Morgan fingerprint density at radius 3 is 2.78 bits per heavy atom. The van der Waals surface area contributed by atoms with Crippen LogP contribution in [0.1, 0.15) is 19.4 Å². The van der Waals surface area contributed by atoms with E-state index in [0.717, 1.165) is 11.3 Å². The molecule has 0 aliphatic heterocycles. The predicted octanol–water partition coefficient (Wildman–Crippen LogP) is 2.95. The van der Waals surface area contributed by atoms with Crippen LogP contribution in [0.4, 0.5) is 21.9 Å². The molecular formula is C16H21N5O2. The second-order valence-electron chi connectivity index (χ2n) is 5.44. The van der Waals surface area contributed by atoms with E-state index in [-0.39, 0.29) is 6.04 Å². The van der Waals surface area contributed by atoms with E-state index in [1.807, 2.05) is 45.0 Å². The maximum absolute atomic E-state index is 11.7. The number of hydrogen-bond donors (Lipinski definition) is 4. The summed E-state index contributed by atoms with van der Waals surface area (Å²) < 4.78 is 0. The minimum atomic E-state index is -0.507. The van der Waals surface area contributed by atoms with Gasteiger partial charge in [-0.25, -0.2) is 10.2 Å². The van der Waals surface area contributed by atoms with Crippen molar-refractivity contribution in [3.8, 4) is 0 Å². The normalized spacial score (nSPS) is 10.3. The molecule has 2 rings (SSSR count). The van der Waals surface area contributed by atoms with Crippen LogP contribution in [-0.4, -0.2) is 22.3 Å². The van der Waals surface area contributed by atoms with Crippen LogP contribution in [0.15, 0.2) is 42.7 Å². The molecule has 0 atom stereocenters. The van der Waals surface area contributed by atoms with Crippen molar-refractivity contribution in [1.29, 1.82) is 0 Å². The third kappa shape index (κ3) is 4.86. The lowest BCUT2D eigenvalue weighted by Gasteiger charge is -2.21. The molecular weight excluding hydrogens is 294 g/mol. The molecule has 7 nitrogen and oxygen atoms in total. The van der Waals surface area contributed by atoms with E-state index in [1.54, 1.807) is 12.3 Å². The van der Waals surface area contributed by atoms with Gasteiger partial charge in [0.25, 0.3) is 0 Å². The van der Waals surface area contributed by atoms with Gasteiger partial charge in [-0.2, -0.15) is 5.17 Å². The molecule has 2 amide bonds. The monoisotopic (exact) mass is 315 g/mol. The number of rotatable bonds is 5. The van der Waals surface area contributed by atoms with Crippen molar-refractivity contribution in [2.24, 2.45) is 0 Å². The van der Waals surface area contributed by atoms with Crippen LogP contribution < -0.4 is 21.2 Å². The van der Waals surface area contributed by atoms with E-state index in [1.165, 1.54) is 6.20 Å². The highest BCUT2D eigenvalue weighted by Crippen LogP contribution is 2.26. The summed E-state index contributed by atoms with van der Waals surface area (Å²) in [6, 6.07) is 8.99. The van der Waals surface area contributed by atoms with E-state index in [9.17, 15) is 10.0 Å². The lowest BCUT2D eigenvalue weighted by Crippen LogP contribution is -2.48. The third-order valence-electron chi connectivity index (χ3n) is 2.95. The lowest BCUT2D eigenvalue weighted by atomic mass is 10.2. The van der Waals surface area contributed by atoms with Crippen LogP contribution >= 0.6 is 0 Å². The fourth-order valence-corrected chi connectivity index (χ4v) is 1.99. The highest BCUT2D eigenvalue weighted by Gasteiger charge is 2.13. The van der Waals surface area contributed by atoms with E-state index >= 15 is 0 Å². The Morgan fingerprint density at radius 2 is 2.09 bits per heavy atom. The number of aromatic nitrogens is 1.